The maximum Gasteiger partial charge on any atom is 0.319 e. The van der Waals surface area contributed by atoms with Crippen LogP contribution in [0.2, 0.25) is 0 Å². The molecule has 44 heavy (non-hydrogen) atoms. The van der Waals surface area contributed by atoms with Crippen molar-refractivity contribution in [1.29, 1.82) is 0 Å². The number of nitrogens with one attached hydrogen (secondary N) is 1. The zero-order chi connectivity index (χ0) is 30.0. The van der Waals surface area contributed by atoms with Gasteiger partial charge in [0.1, 0.15) is 34.8 Å². The van der Waals surface area contributed by atoms with Gasteiger partial charge in [0.2, 0.25) is 5.88 Å². The monoisotopic (exact) mass is 594 g/mol. The SMILES string of the molecule is C#Cc1cccc2cc(O)cc(-c3nc4c5c(nc(OCC6(CN7CCCC7C)CC6)nc5c3F)N3CCNCC3CO4)c12. The second kappa shape index (κ2) is 10.5. The van der Waals surface area contributed by atoms with Gasteiger partial charge in [-0.2, -0.15) is 9.97 Å². The molecule has 2 aromatic carbocycles. The molecule has 0 amide bonds. The molecule has 5 heterocycles. The Bertz CT molecular complexity index is 1840. The summed E-state index contributed by atoms with van der Waals surface area (Å²) in [5, 5.41) is 15.8. The quantitative estimate of drug-likeness (QED) is 0.313. The average molecular weight is 595 g/mol. The van der Waals surface area contributed by atoms with Gasteiger partial charge in [0, 0.05) is 54.1 Å². The van der Waals surface area contributed by atoms with Gasteiger partial charge in [-0.15, -0.1) is 6.42 Å². The van der Waals surface area contributed by atoms with Crippen molar-refractivity contribution in [2.24, 2.45) is 5.41 Å². The van der Waals surface area contributed by atoms with Crippen molar-refractivity contribution in [1.82, 2.24) is 25.2 Å². The molecule has 0 spiro atoms. The van der Waals surface area contributed by atoms with E-state index in [9.17, 15) is 5.11 Å². The largest absolute Gasteiger partial charge is 0.508 e. The number of ether oxygens (including phenoxy) is 2. The van der Waals surface area contributed by atoms with E-state index in [-0.39, 0.29) is 40.3 Å². The van der Waals surface area contributed by atoms with Crippen LogP contribution in [0.25, 0.3) is 32.9 Å². The van der Waals surface area contributed by atoms with Crippen molar-refractivity contribution in [3.05, 3.63) is 41.7 Å². The molecule has 2 N–H and O–H groups in total. The van der Waals surface area contributed by atoms with Crippen LogP contribution in [0, 0.1) is 23.6 Å². The second-order valence-electron chi connectivity index (χ2n) is 12.8. The first-order chi connectivity index (χ1) is 21.4. The number of likely N-dealkylation sites (tertiary alicyclic amines) is 1. The van der Waals surface area contributed by atoms with E-state index in [1.165, 1.54) is 18.9 Å². The molecule has 2 aromatic heterocycles. The van der Waals surface area contributed by atoms with E-state index >= 15 is 4.39 Å². The number of rotatable bonds is 6. The minimum Gasteiger partial charge on any atom is -0.508 e. The number of phenols is 1. The molecule has 226 valence electrons. The number of fused-ring (bicyclic) bond motifs is 3. The first kappa shape index (κ1) is 27.4. The van der Waals surface area contributed by atoms with Gasteiger partial charge >= 0.3 is 6.01 Å². The standard InChI is InChI=1S/C34H35FN6O3/c1-3-21-7-4-8-22-14-24(42)15-25(26(21)22)29-28(35)30-27-31(41-13-11-36-16-23(41)17-43-32(27)37-29)39-33(38-30)44-19-34(9-10-34)18-40-12-5-6-20(40)2/h1,4,7-8,14-15,20,23,36,42H,5-6,9-13,16-19H2,2H3. The van der Waals surface area contributed by atoms with Gasteiger partial charge in [0.15, 0.2) is 5.82 Å². The molecule has 0 radical (unpaired) electrons. The number of halogens is 1. The summed E-state index contributed by atoms with van der Waals surface area (Å²) in [7, 11) is 0. The number of phenolic OH excluding ortho intramolecular Hbond substituents is 1. The lowest BCUT2D eigenvalue weighted by Crippen LogP contribution is -2.53. The van der Waals surface area contributed by atoms with Crippen molar-refractivity contribution >= 4 is 27.5 Å². The van der Waals surface area contributed by atoms with E-state index in [1.54, 1.807) is 12.1 Å². The lowest BCUT2D eigenvalue weighted by Gasteiger charge is -2.35. The smallest absolute Gasteiger partial charge is 0.319 e. The fourth-order valence-electron chi connectivity index (χ4n) is 7.14. The number of pyridine rings is 1. The zero-order valence-electron chi connectivity index (χ0n) is 24.8. The number of hydrogen-bond donors (Lipinski definition) is 2. The third-order valence-electron chi connectivity index (χ3n) is 9.81. The summed E-state index contributed by atoms with van der Waals surface area (Å²) >= 11 is 0. The average Bonchev–Trinajstić information content (AvgIpc) is 3.73. The molecule has 2 saturated heterocycles. The Morgan fingerprint density at radius 1 is 1.20 bits per heavy atom. The van der Waals surface area contributed by atoms with Crippen molar-refractivity contribution in [2.45, 2.75) is 44.7 Å². The summed E-state index contributed by atoms with van der Waals surface area (Å²) < 4.78 is 29.5. The maximum atomic E-state index is 16.9. The number of anilines is 1. The number of terminal acetylenes is 1. The van der Waals surface area contributed by atoms with Crippen LogP contribution in [0.1, 0.15) is 38.2 Å². The third-order valence-corrected chi connectivity index (χ3v) is 9.81. The Balaban J connectivity index is 1.27. The zero-order valence-corrected chi connectivity index (χ0v) is 24.8. The number of piperazine rings is 1. The molecule has 3 aliphatic heterocycles. The van der Waals surface area contributed by atoms with Crippen LogP contribution < -0.4 is 19.7 Å². The molecule has 9 nitrogen and oxygen atoms in total. The Labute approximate surface area is 255 Å². The molecular weight excluding hydrogens is 559 g/mol. The van der Waals surface area contributed by atoms with Crippen LogP contribution in [0.4, 0.5) is 10.2 Å². The van der Waals surface area contributed by atoms with E-state index in [1.807, 2.05) is 12.1 Å². The van der Waals surface area contributed by atoms with E-state index in [4.69, 9.17) is 25.9 Å². The van der Waals surface area contributed by atoms with Crippen molar-refractivity contribution in [3.63, 3.8) is 0 Å². The summed E-state index contributed by atoms with van der Waals surface area (Å²) in [5.74, 6) is 2.87. The first-order valence-electron chi connectivity index (χ1n) is 15.5. The van der Waals surface area contributed by atoms with Crippen molar-refractivity contribution < 1.29 is 19.0 Å². The van der Waals surface area contributed by atoms with Crippen molar-refractivity contribution in [2.75, 3.05) is 50.8 Å². The van der Waals surface area contributed by atoms with Crippen molar-refractivity contribution in [3.8, 4) is 41.2 Å². The Morgan fingerprint density at radius 2 is 2.09 bits per heavy atom. The number of benzene rings is 2. The highest BCUT2D eigenvalue weighted by Gasteiger charge is 2.46. The number of hydrogen-bond acceptors (Lipinski definition) is 9. The molecule has 3 fully saturated rings. The summed E-state index contributed by atoms with van der Waals surface area (Å²) in [5.41, 5.74) is 1.10. The highest BCUT2D eigenvalue weighted by atomic mass is 19.1. The van der Waals surface area contributed by atoms with Gasteiger partial charge in [0.25, 0.3) is 0 Å². The van der Waals surface area contributed by atoms with Crippen LogP contribution in [0.15, 0.2) is 30.3 Å². The normalized spacial score (nSPS) is 22.3. The highest BCUT2D eigenvalue weighted by molar-refractivity contribution is 6.04. The van der Waals surface area contributed by atoms with E-state index in [0.717, 1.165) is 32.5 Å². The van der Waals surface area contributed by atoms with Crippen LogP contribution in [0.3, 0.4) is 0 Å². The van der Waals surface area contributed by atoms with Gasteiger partial charge in [0.05, 0.1) is 12.6 Å². The minimum absolute atomic E-state index is 0.00591. The highest BCUT2D eigenvalue weighted by Crippen LogP contribution is 2.48. The third kappa shape index (κ3) is 4.57. The Kier molecular flexibility index (Phi) is 6.50. The predicted octanol–water partition coefficient (Wildman–Crippen LogP) is 4.48. The molecule has 2 unspecified atom stereocenters. The van der Waals surface area contributed by atoms with E-state index < -0.39 is 5.82 Å². The molecular formula is C34H35FN6O3. The van der Waals surface area contributed by atoms with Crippen LogP contribution in [-0.4, -0.2) is 83.0 Å². The number of nitrogens with zero attached hydrogens (tertiary/aromatic N) is 5. The molecule has 2 atom stereocenters. The van der Waals surface area contributed by atoms with E-state index in [2.05, 4.69) is 32.9 Å². The predicted molar refractivity (Wildman–Crippen MR) is 167 cm³/mol. The summed E-state index contributed by atoms with van der Waals surface area (Å²) in [6, 6.07) is 9.26. The maximum absolute atomic E-state index is 16.9. The molecule has 4 aromatic rings. The molecule has 10 heteroatoms. The summed E-state index contributed by atoms with van der Waals surface area (Å²) in [6.45, 7) is 7.40. The summed E-state index contributed by atoms with van der Waals surface area (Å²) in [4.78, 5) is 19.0. The van der Waals surface area contributed by atoms with Crippen LogP contribution >= 0.6 is 0 Å². The van der Waals surface area contributed by atoms with Crippen LogP contribution in [0.5, 0.6) is 17.6 Å². The fourth-order valence-corrected chi connectivity index (χ4v) is 7.14. The molecule has 0 bridgehead atoms. The number of aromatic nitrogens is 3. The molecule has 1 aliphatic carbocycles. The Morgan fingerprint density at radius 3 is 2.89 bits per heavy atom. The first-order valence-corrected chi connectivity index (χ1v) is 15.5. The topological polar surface area (TPSA) is 95.9 Å². The van der Waals surface area contributed by atoms with E-state index in [0.29, 0.717) is 65.4 Å². The Hall–Kier alpha value is -4.20. The van der Waals surface area contributed by atoms with Gasteiger partial charge in [-0.1, -0.05) is 18.1 Å². The summed E-state index contributed by atoms with van der Waals surface area (Å²) in [6.07, 6.45) is 10.5. The van der Waals surface area contributed by atoms with Gasteiger partial charge in [-0.25, -0.2) is 9.37 Å². The fraction of sp³-hybridized carbons (Fsp3) is 0.441. The minimum atomic E-state index is -0.639. The molecule has 4 aliphatic rings. The lowest BCUT2D eigenvalue weighted by molar-refractivity contribution is 0.151. The van der Waals surface area contributed by atoms with Gasteiger partial charge in [-0.05, 0) is 62.7 Å². The van der Waals surface area contributed by atoms with Gasteiger partial charge < -0.3 is 24.8 Å². The number of aromatic hydroxyl groups is 1. The second-order valence-corrected chi connectivity index (χ2v) is 12.8. The lowest BCUT2D eigenvalue weighted by atomic mass is 9.96. The van der Waals surface area contributed by atoms with Gasteiger partial charge in [-0.3, -0.25) is 4.90 Å². The molecule has 8 rings (SSSR count). The molecule has 1 saturated carbocycles. The van der Waals surface area contributed by atoms with Crippen LogP contribution in [-0.2, 0) is 0 Å².